The molecule has 39 heavy (non-hydrogen) atoms. The molecule has 5 rings (SSSR count). The van der Waals surface area contributed by atoms with Crippen LogP contribution in [-0.4, -0.2) is 110 Å². The van der Waals surface area contributed by atoms with Crippen LogP contribution in [-0.2, 0) is 20.0 Å². The van der Waals surface area contributed by atoms with Crippen LogP contribution in [0.4, 0.5) is 0 Å². The normalized spacial score (nSPS) is 36.5. The van der Waals surface area contributed by atoms with Crippen LogP contribution in [0.1, 0.15) is 37.3 Å². The van der Waals surface area contributed by atoms with E-state index >= 15 is 0 Å². The summed E-state index contributed by atoms with van der Waals surface area (Å²) < 4.78 is 0. The molecule has 3 aliphatic carbocycles. The first kappa shape index (κ1) is 27.5. The molecule has 1 amide bonds. The minimum Gasteiger partial charge on any atom is -0.508 e. The van der Waals surface area contributed by atoms with E-state index < -0.39 is 81.4 Å². The Morgan fingerprint density at radius 3 is 2.33 bits per heavy atom. The molecule has 1 aromatic rings. The average Bonchev–Trinajstić information content (AvgIpc) is 3.38. The van der Waals surface area contributed by atoms with E-state index in [0.29, 0.717) is 0 Å². The summed E-state index contributed by atoms with van der Waals surface area (Å²) in [6, 6.07) is 1.17. The summed E-state index contributed by atoms with van der Waals surface area (Å²) in [5.41, 5.74) is -5.87. The largest absolute Gasteiger partial charge is 0.508 e. The van der Waals surface area contributed by atoms with Gasteiger partial charge in [0.15, 0.2) is 11.4 Å². The van der Waals surface area contributed by atoms with Crippen LogP contribution < -0.4 is 5.32 Å². The van der Waals surface area contributed by atoms with Gasteiger partial charge >= 0.3 is 0 Å². The number of amides is 1. The quantitative estimate of drug-likeness (QED) is 0.185. The van der Waals surface area contributed by atoms with Crippen LogP contribution in [0.3, 0.4) is 0 Å². The van der Waals surface area contributed by atoms with Gasteiger partial charge in [-0.1, -0.05) is 0 Å². The highest BCUT2D eigenvalue weighted by Crippen LogP contribution is 2.58. The van der Waals surface area contributed by atoms with E-state index in [9.17, 15) is 45.0 Å². The Morgan fingerprint density at radius 2 is 1.72 bits per heavy atom. The third kappa shape index (κ3) is 3.80. The zero-order chi connectivity index (χ0) is 28.6. The van der Waals surface area contributed by atoms with E-state index in [4.69, 9.17) is 0 Å². The Hall–Kier alpha value is -3.03. The van der Waals surface area contributed by atoms with Crippen molar-refractivity contribution in [1.82, 2.24) is 15.1 Å². The Morgan fingerprint density at radius 1 is 1.10 bits per heavy atom. The molecule has 3 fully saturated rings. The van der Waals surface area contributed by atoms with Crippen LogP contribution >= 0.6 is 0 Å². The molecule has 12 nitrogen and oxygen atoms in total. The number of aliphatic hydroxyl groups excluding tert-OH is 2. The lowest BCUT2D eigenvalue weighted by molar-refractivity contribution is -0.188. The Labute approximate surface area is 225 Å². The molecule has 0 spiro atoms. The van der Waals surface area contributed by atoms with Crippen molar-refractivity contribution in [2.75, 3.05) is 33.9 Å². The number of ketones is 2. The third-order valence-corrected chi connectivity index (χ3v) is 9.12. The molecule has 1 heterocycles. The lowest BCUT2D eigenvalue weighted by atomic mass is 9.52. The zero-order valence-corrected chi connectivity index (χ0v) is 22.1. The number of likely N-dealkylation sites (tertiary alicyclic amines) is 1. The fourth-order valence-electron chi connectivity index (χ4n) is 7.19. The lowest BCUT2D eigenvalue weighted by Gasteiger charge is -2.55. The molecule has 1 aromatic carbocycles. The van der Waals surface area contributed by atoms with Crippen LogP contribution in [0.25, 0.3) is 5.76 Å². The second-order valence-electron chi connectivity index (χ2n) is 11.6. The number of rotatable bonds is 4. The Bertz CT molecular complexity index is 1270. The smallest absolute Gasteiger partial charge is 0.234 e. The summed E-state index contributed by atoms with van der Waals surface area (Å²) in [6.45, 7) is 2.99. The maximum absolute atomic E-state index is 14.1. The number of Topliss-reactive ketones (excluding diaryl/α,β-unsaturated/α-hetero) is 2. The summed E-state index contributed by atoms with van der Waals surface area (Å²) in [4.78, 5) is 44.6. The number of aromatic hydroxyl groups is 2. The minimum absolute atomic E-state index is 0.147. The molecular weight excluding hydrogens is 510 g/mol. The number of hydrogen-bond donors (Lipinski definition) is 7. The van der Waals surface area contributed by atoms with Crippen molar-refractivity contribution in [1.29, 1.82) is 0 Å². The molecular formula is C27H35N3O9. The molecule has 0 bridgehead atoms. The van der Waals surface area contributed by atoms with Crippen molar-refractivity contribution >= 4 is 23.2 Å². The highest BCUT2D eigenvalue weighted by atomic mass is 16.3. The van der Waals surface area contributed by atoms with Crippen LogP contribution in [0.15, 0.2) is 17.7 Å². The van der Waals surface area contributed by atoms with Crippen LogP contribution in [0, 0.1) is 17.8 Å². The van der Waals surface area contributed by atoms with E-state index in [2.05, 4.69) is 5.32 Å². The van der Waals surface area contributed by atoms with Gasteiger partial charge < -0.3 is 40.9 Å². The number of benzene rings is 1. The number of aliphatic hydroxyl groups is 4. The summed E-state index contributed by atoms with van der Waals surface area (Å²) in [5, 5.41) is 69.7. The van der Waals surface area contributed by atoms with Crippen LogP contribution in [0.5, 0.6) is 11.5 Å². The number of phenolic OH excluding ortho intramolecular Hbond substituents is 2. The SMILES string of the molecule is CN(C)C1C(O)C(C(=O)NCN2CCCC2)C(=O)C2(O)C(=O)C3=C(O)c4c(O)ccc(O)c4C(C)(O)C3CC12. The predicted molar refractivity (Wildman–Crippen MR) is 136 cm³/mol. The monoisotopic (exact) mass is 545 g/mol. The fraction of sp³-hybridized carbons (Fsp3) is 0.593. The van der Waals surface area contributed by atoms with Crippen molar-refractivity contribution in [3.8, 4) is 11.5 Å². The number of fused-ring (bicyclic) bond motifs is 3. The van der Waals surface area contributed by atoms with Crippen molar-refractivity contribution in [3.05, 3.63) is 28.8 Å². The predicted octanol–water partition coefficient (Wildman–Crippen LogP) is -0.816. The molecule has 4 aliphatic rings. The molecule has 0 aromatic heterocycles. The number of nitrogens with one attached hydrogen (secondary N) is 1. The van der Waals surface area contributed by atoms with Gasteiger partial charge in [0.1, 0.15) is 23.2 Å². The number of phenols is 2. The van der Waals surface area contributed by atoms with Gasteiger partial charge in [0.25, 0.3) is 0 Å². The molecule has 1 saturated heterocycles. The highest BCUT2D eigenvalue weighted by Gasteiger charge is 2.69. The average molecular weight is 546 g/mol. The van der Waals surface area contributed by atoms with Crippen molar-refractivity contribution < 1.29 is 45.0 Å². The molecule has 12 heteroatoms. The van der Waals surface area contributed by atoms with E-state index in [0.717, 1.165) is 38.1 Å². The van der Waals surface area contributed by atoms with E-state index in [-0.39, 0.29) is 24.2 Å². The third-order valence-electron chi connectivity index (χ3n) is 9.12. The molecule has 7 N–H and O–H groups in total. The maximum Gasteiger partial charge on any atom is 0.234 e. The molecule has 7 unspecified atom stereocenters. The fourth-order valence-corrected chi connectivity index (χ4v) is 7.19. The molecule has 1 aliphatic heterocycles. The van der Waals surface area contributed by atoms with Gasteiger partial charge in [-0.2, -0.15) is 0 Å². The summed E-state index contributed by atoms with van der Waals surface area (Å²) in [5.74, 6) is -9.19. The first-order chi connectivity index (χ1) is 18.2. The Kier molecular flexibility index (Phi) is 6.55. The number of carbonyl (C=O) groups excluding carboxylic acids is 3. The molecule has 2 saturated carbocycles. The number of carbonyl (C=O) groups is 3. The van der Waals surface area contributed by atoms with Crippen molar-refractivity contribution in [2.45, 2.75) is 49.5 Å². The first-order valence-corrected chi connectivity index (χ1v) is 13.1. The van der Waals surface area contributed by atoms with E-state index in [1.807, 2.05) is 4.90 Å². The number of hydrogen-bond acceptors (Lipinski definition) is 11. The topological polar surface area (TPSA) is 191 Å². The van der Waals surface area contributed by atoms with Gasteiger partial charge in [-0.05, 0) is 65.5 Å². The van der Waals surface area contributed by atoms with Gasteiger partial charge in [0.2, 0.25) is 11.7 Å². The molecule has 7 atom stereocenters. The first-order valence-electron chi connectivity index (χ1n) is 13.1. The highest BCUT2D eigenvalue weighted by molar-refractivity contribution is 6.25. The molecule has 212 valence electrons. The maximum atomic E-state index is 14.1. The van der Waals surface area contributed by atoms with Gasteiger partial charge in [-0.25, -0.2) is 0 Å². The van der Waals surface area contributed by atoms with Crippen molar-refractivity contribution in [3.63, 3.8) is 0 Å². The van der Waals surface area contributed by atoms with Crippen LogP contribution in [0.2, 0.25) is 0 Å². The summed E-state index contributed by atoms with van der Waals surface area (Å²) in [7, 11) is 3.16. The Balaban J connectivity index is 1.61. The zero-order valence-electron chi connectivity index (χ0n) is 22.1. The second kappa shape index (κ2) is 9.27. The standard InChI is InChI=1S/C27H35N3O9/c1-26(38)12-10-13-20(29(2)3)22(34)18(25(37)28-11-30-8-4-5-9-30)24(36)27(13,39)23(35)16(12)21(33)17-14(31)6-7-15(32)19(17)26/h6-7,12-13,18,20,22,31-34,38-39H,4-5,8-11H2,1-3H3,(H,28,37). The van der Waals surface area contributed by atoms with Crippen molar-refractivity contribution in [2.24, 2.45) is 17.8 Å². The van der Waals surface area contributed by atoms with E-state index in [1.54, 1.807) is 14.1 Å². The van der Waals surface area contributed by atoms with E-state index in [1.165, 1.54) is 11.8 Å². The lowest BCUT2D eigenvalue weighted by Crippen LogP contribution is -2.74. The van der Waals surface area contributed by atoms with Gasteiger partial charge in [0.05, 0.1) is 23.9 Å². The van der Waals surface area contributed by atoms with Gasteiger partial charge in [0, 0.05) is 29.0 Å². The second-order valence-corrected chi connectivity index (χ2v) is 11.6. The summed E-state index contributed by atoms with van der Waals surface area (Å²) in [6.07, 6.45) is 0.109. The van der Waals surface area contributed by atoms with Gasteiger partial charge in [-0.15, -0.1) is 0 Å². The minimum atomic E-state index is -2.80. The number of likely N-dealkylation sites (N-methyl/N-ethyl adjacent to an activating group) is 1. The number of nitrogens with zero attached hydrogens (tertiary/aromatic N) is 2. The molecule has 0 radical (unpaired) electrons. The van der Waals surface area contributed by atoms with Gasteiger partial charge in [-0.3, -0.25) is 19.3 Å². The summed E-state index contributed by atoms with van der Waals surface area (Å²) >= 11 is 0.